The molecule has 2 rings (SSSR count). The zero-order chi connectivity index (χ0) is 17.9. The molecule has 1 heterocycles. The van der Waals surface area contributed by atoms with Crippen molar-refractivity contribution in [3.8, 4) is 0 Å². The Bertz CT molecular complexity index is 464. The molecule has 1 saturated heterocycles. The van der Waals surface area contributed by atoms with Gasteiger partial charge < -0.3 is 19.9 Å². The van der Waals surface area contributed by atoms with E-state index in [2.05, 4.69) is 32.9 Å². The van der Waals surface area contributed by atoms with Crippen LogP contribution in [0.15, 0.2) is 30.3 Å². The highest BCUT2D eigenvalue weighted by molar-refractivity contribution is 5.75. The maximum Gasteiger partial charge on any atom is 0.325 e. The van der Waals surface area contributed by atoms with Crippen LogP contribution in [0.4, 0.5) is 0 Å². The fourth-order valence-corrected chi connectivity index (χ4v) is 2.15. The molecular formula is C19H31NO4. The lowest BCUT2D eigenvalue weighted by Crippen LogP contribution is -2.37. The van der Waals surface area contributed by atoms with Crippen LogP contribution in [0.1, 0.15) is 32.8 Å². The summed E-state index contributed by atoms with van der Waals surface area (Å²) in [5, 5.41) is 0. The predicted molar refractivity (Wildman–Crippen MR) is 94.7 cm³/mol. The van der Waals surface area contributed by atoms with E-state index < -0.39 is 12.0 Å². The quantitative estimate of drug-likeness (QED) is 0.859. The molecule has 3 atom stereocenters. The predicted octanol–water partition coefficient (Wildman–Crippen LogP) is 2.70. The minimum Gasteiger partial charge on any atom is -0.461 e. The second kappa shape index (κ2) is 11.2. The summed E-state index contributed by atoms with van der Waals surface area (Å²) in [5.74, 6) is 0.0738. The summed E-state index contributed by atoms with van der Waals surface area (Å²) in [4.78, 5) is 11.4. The van der Waals surface area contributed by atoms with E-state index in [-0.39, 0.29) is 18.8 Å². The molecule has 0 amide bonds. The second-order valence-electron chi connectivity index (χ2n) is 6.63. The molecule has 2 unspecified atom stereocenters. The van der Waals surface area contributed by atoms with Gasteiger partial charge in [0.15, 0.2) is 0 Å². The molecule has 0 saturated carbocycles. The average Bonchev–Trinajstić information content (AvgIpc) is 2.58. The highest BCUT2D eigenvalue weighted by Crippen LogP contribution is 2.11. The number of ether oxygens (including phenoxy) is 3. The van der Waals surface area contributed by atoms with Crippen LogP contribution in [0.25, 0.3) is 0 Å². The second-order valence-corrected chi connectivity index (χ2v) is 6.63. The van der Waals surface area contributed by atoms with Crippen molar-refractivity contribution >= 4 is 5.97 Å². The Balaban J connectivity index is 0.000000341. The fourth-order valence-electron chi connectivity index (χ4n) is 2.15. The van der Waals surface area contributed by atoms with Gasteiger partial charge in [-0.2, -0.15) is 0 Å². The Morgan fingerprint density at radius 1 is 1.25 bits per heavy atom. The van der Waals surface area contributed by atoms with E-state index in [0.717, 1.165) is 0 Å². The highest BCUT2D eigenvalue weighted by atomic mass is 16.6. The molecule has 5 nitrogen and oxygen atoms in total. The van der Waals surface area contributed by atoms with Gasteiger partial charge in [0.1, 0.15) is 12.1 Å². The lowest BCUT2D eigenvalue weighted by Gasteiger charge is -2.21. The molecule has 136 valence electrons. The van der Waals surface area contributed by atoms with Gasteiger partial charge in [0.2, 0.25) is 0 Å². The number of esters is 1. The summed E-state index contributed by atoms with van der Waals surface area (Å²) in [6.07, 6.45) is 0.420. The summed E-state index contributed by atoms with van der Waals surface area (Å²) in [7, 11) is 0. The van der Waals surface area contributed by atoms with Crippen LogP contribution in [-0.2, 0) is 19.0 Å². The van der Waals surface area contributed by atoms with Crippen LogP contribution in [0, 0.1) is 12.8 Å². The number of aryl methyl sites for hydroxylation is 1. The molecular weight excluding hydrogens is 306 g/mol. The number of carbonyl (C=O) groups excluding carboxylic acids is 1. The Labute approximate surface area is 145 Å². The van der Waals surface area contributed by atoms with Crippen molar-refractivity contribution < 1.29 is 19.0 Å². The molecule has 1 fully saturated rings. The van der Waals surface area contributed by atoms with Crippen molar-refractivity contribution in [2.75, 3.05) is 19.8 Å². The number of rotatable bonds is 3. The van der Waals surface area contributed by atoms with Crippen molar-refractivity contribution in [1.82, 2.24) is 0 Å². The van der Waals surface area contributed by atoms with Crippen molar-refractivity contribution in [1.29, 1.82) is 0 Å². The van der Waals surface area contributed by atoms with Crippen LogP contribution in [-0.4, -0.2) is 44.0 Å². The lowest BCUT2D eigenvalue weighted by molar-refractivity contribution is -0.151. The van der Waals surface area contributed by atoms with Gasteiger partial charge in [0.25, 0.3) is 0 Å². The van der Waals surface area contributed by atoms with Crippen LogP contribution < -0.4 is 5.73 Å². The van der Waals surface area contributed by atoms with Gasteiger partial charge in [-0.25, -0.2) is 0 Å². The van der Waals surface area contributed by atoms with E-state index in [1.165, 1.54) is 5.56 Å². The number of cyclic esters (lactones) is 1. The lowest BCUT2D eigenvalue weighted by atomic mass is 10.2. The Kier molecular flexibility index (Phi) is 9.60. The zero-order valence-electron chi connectivity index (χ0n) is 15.2. The smallest absolute Gasteiger partial charge is 0.325 e. The molecule has 1 aromatic rings. The minimum atomic E-state index is -0.693. The van der Waals surface area contributed by atoms with E-state index in [1.54, 1.807) is 0 Å². The Hall–Kier alpha value is -1.43. The number of hydrogen-bond donors (Lipinski definition) is 1. The molecule has 0 aromatic heterocycles. The first-order valence-electron chi connectivity index (χ1n) is 8.55. The van der Waals surface area contributed by atoms with Gasteiger partial charge in [0, 0.05) is 13.0 Å². The molecule has 1 aliphatic rings. The third kappa shape index (κ3) is 9.01. The van der Waals surface area contributed by atoms with Gasteiger partial charge in [-0.05, 0) is 19.8 Å². The molecule has 0 aliphatic carbocycles. The Morgan fingerprint density at radius 3 is 2.46 bits per heavy atom. The molecule has 1 aliphatic heterocycles. The SMILES string of the molecule is CC(C)COC1COC[C@H](N)C(=O)OC(C)C1.Cc1ccccc1. The van der Waals surface area contributed by atoms with Crippen LogP contribution in [0.2, 0.25) is 0 Å². The summed E-state index contributed by atoms with van der Waals surface area (Å²) in [6, 6.07) is 9.57. The molecule has 0 radical (unpaired) electrons. The molecule has 2 N–H and O–H groups in total. The number of hydrogen-bond acceptors (Lipinski definition) is 5. The molecule has 24 heavy (non-hydrogen) atoms. The van der Waals surface area contributed by atoms with E-state index in [4.69, 9.17) is 19.9 Å². The number of carbonyl (C=O) groups is 1. The van der Waals surface area contributed by atoms with E-state index in [9.17, 15) is 4.79 Å². The maximum atomic E-state index is 11.4. The monoisotopic (exact) mass is 337 g/mol. The first-order chi connectivity index (χ1) is 11.4. The molecule has 1 aromatic carbocycles. The van der Waals surface area contributed by atoms with Crippen LogP contribution >= 0.6 is 0 Å². The zero-order valence-corrected chi connectivity index (χ0v) is 15.2. The first-order valence-corrected chi connectivity index (χ1v) is 8.55. The van der Waals surface area contributed by atoms with Gasteiger partial charge in [-0.3, -0.25) is 4.79 Å². The standard InChI is InChI=1S/C12H23NO4.C7H8/c1-8(2)5-16-10-4-9(3)17-12(14)11(13)7-15-6-10;1-7-5-3-2-4-6-7/h8-11H,4-7,13H2,1-3H3;2-6H,1H3/t9?,10?,11-;/m0./s1. The van der Waals surface area contributed by atoms with Crippen LogP contribution in [0.5, 0.6) is 0 Å². The van der Waals surface area contributed by atoms with Crippen molar-refractivity contribution in [3.05, 3.63) is 35.9 Å². The molecule has 0 bridgehead atoms. The average molecular weight is 337 g/mol. The van der Waals surface area contributed by atoms with E-state index in [0.29, 0.717) is 25.6 Å². The summed E-state index contributed by atoms with van der Waals surface area (Å²) < 4.78 is 16.3. The largest absolute Gasteiger partial charge is 0.461 e. The van der Waals surface area contributed by atoms with Crippen LogP contribution in [0.3, 0.4) is 0 Å². The van der Waals surface area contributed by atoms with Crippen molar-refractivity contribution in [2.45, 2.75) is 52.4 Å². The third-order valence-electron chi connectivity index (χ3n) is 3.42. The van der Waals surface area contributed by atoms with Crippen molar-refractivity contribution in [2.24, 2.45) is 11.7 Å². The number of nitrogens with two attached hydrogens (primary N) is 1. The van der Waals surface area contributed by atoms with Gasteiger partial charge >= 0.3 is 5.97 Å². The van der Waals surface area contributed by atoms with Gasteiger partial charge in [0.05, 0.1) is 19.3 Å². The van der Waals surface area contributed by atoms with Gasteiger partial charge in [-0.1, -0.05) is 49.7 Å². The Morgan fingerprint density at radius 2 is 1.92 bits per heavy atom. The summed E-state index contributed by atoms with van der Waals surface area (Å²) in [6.45, 7) is 9.45. The third-order valence-corrected chi connectivity index (χ3v) is 3.42. The first kappa shape index (κ1) is 20.6. The fraction of sp³-hybridized carbons (Fsp3) is 0.632. The van der Waals surface area contributed by atoms with Crippen molar-refractivity contribution in [3.63, 3.8) is 0 Å². The summed E-state index contributed by atoms with van der Waals surface area (Å²) in [5.41, 5.74) is 6.93. The van der Waals surface area contributed by atoms with E-state index >= 15 is 0 Å². The highest BCUT2D eigenvalue weighted by Gasteiger charge is 2.24. The van der Waals surface area contributed by atoms with Gasteiger partial charge in [-0.15, -0.1) is 0 Å². The normalized spacial score (nSPS) is 24.9. The minimum absolute atomic E-state index is 0.0366. The maximum absolute atomic E-state index is 11.4. The summed E-state index contributed by atoms with van der Waals surface area (Å²) >= 11 is 0. The molecule has 5 heteroatoms. The van der Waals surface area contributed by atoms with E-state index in [1.807, 2.05) is 25.1 Å². The molecule has 0 spiro atoms. The topological polar surface area (TPSA) is 70.8 Å². The number of benzene rings is 1.